The SMILES string of the molecule is Cc1ccccc1-n1c2cccnc2c2ccc[n+](C)c21. The molecule has 0 radical (unpaired) electrons. The fourth-order valence-electron chi connectivity index (χ4n) is 3.02. The van der Waals surface area contributed by atoms with E-state index in [4.69, 9.17) is 0 Å². The minimum absolute atomic E-state index is 1.05. The van der Waals surface area contributed by atoms with Crippen LogP contribution in [0.5, 0.6) is 0 Å². The molecule has 0 aliphatic heterocycles. The van der Waals surface area contributed by atoms with E-state index in [0.29, 0.717) is 0 Å². The van der Waals surface area contributed by atoms with E-state index < -0.39 is 0 Å². The van der Waals surface area contributed by atoms with Crippen molar-refractivity contribution in [3.63, 3.8) is 0 Å². The molecule has 0 N–H and O–H groups in total. The molecule has 0 saturated heterocycles. The zero-order chi connectivity index (χ0) is 14.4. The van der Waals surface area contributed by atoms with Crippen molar-refractivity contribution in [3.05, 3.63) is 66.5 Å². The molecule has 3 heteroatoms. The predicted molar refractivity (Wildman–Crippen MR) is 84.5 cm³/mol. The number of hydrogen-bond donors (Lipinski definition) is 0. The molecule has 0 amide bonds. The van der Waals surface area contributed by atoms with E-state index in [1.54, 1.807) is 0 Å². The molecule has 0 aliphatic rings. The quantitative estimate of drug-likeness (QED) is 0.488. The number of pyridine rings is 2. The Balaban J connectivity index is 2.28. The van der Waals surface area contributed by atoms with Gasteiger partial charge in [0.1, 0.15) is 11.2 Å². The lowest BCUT2D eigenvalue weighted by molar-refractivity contribution is -0.647. The van der Waals surface area contributed by atoms with Gasteiger partial charge in [0.25, 0.3) is 5.65 Å². The van der Waals surface area contributed by atoms with Crippen LogP contribution in [-0.2, 0) is 7.05 Å². The first-order valence-corrected chi connectivity index (χ1v) is 7.07. The molecule has 0 fully saturated rings. The van der Waals surface area contributed by atoms with E-state index >= 15 is 0 Å². The molecule has 0 spiro atoms. The average Bonchev–Trinajstić information content (AvgIpc) is 2.84. The summed E-state index contributed by atoms with van der Waals surface area (Å²) >= 11 is 0. The van der Waals surface area contributed by atoms with Crippen LogP contribution in [0.4, 0.5) is 0 Å². The number of aromatic nitrogens is 3. The van der Waals surface area contributed by atoms with Crippen molar-refractivity contribution in [3.8, 4) is 5.69 Å². The Hall–Kier alpha value is -2.68. The highest BCUT2D eigenvalue weighted by atomic mass is 15.1. The summed E-state index contributed by atoms with van der Waals surface area (Å²) in [7, 11) is 2.08. The lowest BCUT2D eigenvalue weighted by atomic mass is 10.2. The van der Waals surface area contributed by atoms with Crippen molar-refractivity contribution in [2.75, 3.05) is 0 Å². The van der Waals surface area contributed by atoms with Gasteiger partial charge in [-0.3, -0.25) is 4.98 Å². The first-order valence-electron chi connectivity index (χ1n) is 7.07. The number of nitrogens with zero attached hydrogens (tertiary/aromatic N) is 3. The first-order chi connectivity index (χ1) is 10.3. The van der Waals surface area contributed by atoms with Crippen LogP contribution in [0, 0.1) is 6.92 Å². The van der Waals surface area contributed by atoms with E-state index in [2.05, 4.69) is 76.8 Å². The first kappa shape index (κ1) is 12.1. The molecule has 102 valence electrons. The van der Waals surface area contributed by atoms with Crippen LogP contribution in [0.25, 0.3) is 27.8 Å². The minimum Gasteiger partial charge on any atom is -0.251 e. The lowest BCUT2D eigenvalue weighted by Gasteiger charge is -2.04. The fraction of sp³-hybridized carbons (Fsp3) is 0.111. The van der Waals surface area contributed by atoms with E-state index in [1.165, 1.54) is 22.3 Å². The van der Waals surface area contributed by atoms with Crippen LogP contribution >= 0.6 is 0 Å². The number of para-hydroxylation sites is 1. The fourth-order valence-corrected chi connectivity index (χ4v) is 3.02. The van der Waals surface area contributed by atoms with Gasteiger partial charge < -0.3 is 0 Å². The minimum atomic E-state index is 1.05. The summed E-state index contributed by atoms with van der Waals surface area (Å²) in [6.07, 6.45) is 3.94. The van der Waals surface area contributed by atoms with Crippen molar-refractivity contribution >= 4 is 22.1 Å². The third-order valence-electron chi connectivity index (χ3n) is 4.00. The number of hydrogen-bond acceptors (Lipinski definition) is 1. The molecule has 0 saturated carbocycles. The van der Waals surface area contributed by atoms with Gasteiger partial charge in [0, 0.05) is 6.20 Å². The van der Waals surface area contributed by atoms with Crippen LogP contribution in [0.15, 0.2) is 60.9 Å². The highest BCUT2D eigenvalue weighted by molar-refractivity contribution is 6.04. The molecule has 4 rings (SSSR count). The van der Waals surface area contributed by atoms with E-state index in [0.717, 1.165) is 11.0 Å². The van der Waals surface area contributed by atoms with Crippen LogP contribution < -0.4 is 4.57 Å². The highest BCUT2D eigenvalue weighted by Crippen LogP contribution is 2.29. The van der Waals surface area contributed by atoms with Crippen molar-refractivity contribution in [1.29, 1.82) is 0 Å². The Kier molecular flexibility index (Phi) is 2.54. The third-order valence-corrected chi connectivity index (χ3v) is 4.00. The van der Waals surface area contributed by atoms with E-state index in [9.17, 15) is 0 Å². The van der Waals surface area contributed by atoms with Gasteiger partial charge in [0.2, 0.25) is 0 Å². The van der Waals surface area contributed by atoms with Crippen molar-refractivity contribution < 1.29 is 4.57 Å². The number of benzene rings is 1. The normalized spacial score (nSPS) is 11.3. The maximum absolute atomic E-state index is 4.59. The predicted octanol–water partition coefficient (Wildman–Crippen LogP) is 3.31. The van der Waals surface area contributed by atoms with Gasteiger partial charge in [-0.05, 0) is 42.8 Å². The summed E-state index contributed by atoms with van der Waals surface area (Å²) in [6.45, 7) is 2.15. The molecule has 3 aromatic heterocycles. The van der Waals surface area contributed by atoms with Gasteiger partial charge in [-0.25, -0.2) is 4.57 Å². The number of aryl methyl sites for hydroxylation is 2. The molecule has 0 unspecified atom stereocenters. The van der Waals surface area contributed by atoms with Gasteiger partial charge >= 0.3 is 0 Å². The van der Waals surface area contributed by atoms with Crippen molar-refractivity contribution in [1.82, 2.24) is 9.55 Å². The zero-order valence-electron chi connectivity index (χ0n) is 12.1. The van der Waals surface area contributed by atoms with Crippen LogP contribution in [0.2, 0.25) is 0 Å². The van der Waals surface area contributed by atoms with Crippen LogP contribution in [-0.4, -0.2) is 9.55 Å². The third kappa shape index (κ3) is 1.67. The maximum Gasteiger partial charge on any atom is 0.296 e. The molecule has 4 aromatic rings. The second kappa shape index (κ2) is 4.42. The molecule has 1 aromatic carbocycles. The Morgan fingerprint density at radius 2 is 1.86 bits per heavy atom. The monoisotopic (exact) mass is 274 g/mol. The Bertz CT molecular complexity index is 967. The summed E-state index contributed by atoms with van der Waals surface area (Å²) in [6, 6.07) is 16.8. The summed E-state index contributed by atoms with van der Waals surface area (Å²) in [5, 5.41) is 1.18. The van der Waals surface area contributed by atoms with Gasteiger partial charge in [0.15, 0.2) is 5.52 Å². The standard InChI is InChI=1S/C18H16N3/c1-13-7-3-4-9-15(13)21-16-10-5-11-19-17(16)14-8-6-12-20(2)18(14)21/h3-12H,1-2H3/q+1. The van der Waals surface area contributed by atoms with Gasteiger partial charge in [0.05, 0.1) is 18.6 Å². The molecule has 0 aliphatic carbocycles. The van der Waals surface area contributed by atoms with Gasteiger partial charge in [-0.2, -0.15) is 4.57 Å². The summed E-state index contributed by atoms with van der Waals surface area (Å²) in [5.74, 6) is 0. The number of rotatable bonds is 1. The molecule has 0 bridgehead atoms. The van der Waals surface area contributed by atoms with Gasteiger partial charge in [-0.15, -0.1) is 0 Å². The van der Waals surface area contributed by atoms with Crippen LogP contribution in [0.3, 0.4) is 0 Å². The average molecular weight is 274 g/mol. The molecular weight excluding hydrogens is 258 g/mol. The highest BCUT2D eigenvalue weighted by Gasteiger charge is 2.22. The Labute approximate surface area is 123 Å². The zero-order valence-corrected chi connectivity index (χ0v) is 12.1. The lowest BCUT2D eigenvalue weighted by Crippen LogP contribution is -2.30. The molecule has 3 nitrogen and oxygen atoms in total. The Morgan fingerprint density at radius 3 is 2.71 bits per heavy atom. The molecular formula is C18H16N3+. The van der Waals surface area contributed by atoms with Crippen LogP contribution in [0.1, 0.15) is 5.56 Å². The van der Waals surface area contributed by atoms with E-state index in [1.807, 2.05) is 12.3 Å². The smallest absolute Gasteiger partial charge is 0.251 e. The molecule has 21 heavy (non-hydrogen) atoms. The van der Waals surface area contributed by atoms with E-state index in [-0.39, 0.29) is 0 Å². The molecule has 3 heterocycles. The van der Waals surface area contributed by atoms with Crippen molar-refractivity contribution in [2.24, 2.45) is 7.05 Å². The Morgan fingerprint density at radius 1 is 1.00 bits per heavy atom. The number of fused-ring (bicyclic) bond motifs is 3. The molecule has 0 atom stereocenters. The second-order valence-corrected chi connectivity index (χ2v) is 5.35. The summed E-state index contributed by atoms with van der Waals surface area (Å²) in [4.78, 5) is 4.59. The topological polar surface area (TPSA) is 21.7 Å². The second-order valence-electron chi connectivity index (χ2n) is 5.35. The van der Waals surface area contributed by atoms with Crippen molar-refractivity contribution in [2.45, 2.75) is 6.92 Å². The maximum atomic E-state index is 4.59. The van der Waals surface area contributed by atoms with Gasteiger partial charge in [-0.1, -0.05) is 18.2 Å². The largest absolute Gasteiger partial charge is 0.296 e. The summed E-state index contributed by atoms with van der Waals surface area (Å²) in [5.41, 5.74) is 5.81. The summed E-state index contributed by atoms with van der Waals surface area (Å²) < 4.78 is 4.45.